The standard InChI is InChI=1S/C11H15N5O4S/c1-7-11(8(2)16(15-7)6-10(17)18)21(19,20)13-5-9-3-4-12-14-9/h3-4,13H,5-6H2,1-2H3,(H,12,14)(H,17,18). The van der Waals surface area contributed by atoms with E-state index in [2.05, 4.69) is 20.0 Å². The van der Waals surface area contributed by atoms with Crippen molar-refractivity contribution in [2.45, 2.75) is 31.8 Å². The van der Waals surface area contributed by atoms with Crippen LogP contribution in [0.15, 0.2) is 17.2 Å². The van der Waals surface area contributed by atoms with Crippen molar-refractivity contribution in [1.29, 1.82) is 0 Å². The van der Waals surface area contributed by atoms with Gasteiger partial charge < -0.3 is 5.11 Å². The highest BCUT2D eigenvalue weighted by Crippen LogP contribution is 2.19. The third-order valence-corrected chi connectivity index (χ3v) is 4.53. The lowest BCUT2D eigenvalue weighted by atomic mass is 10.4. The molecule has 0 unspecified atom stereocenters. The van der Waals surface area contributed by atoms with Gasteiger partial charge in [-0.2, -0.15) is 10.2 Å². The number of aliphatic carboxylic acids is 1. The van der Waals surface area contributed by atoms with Crippen molar-refractivity contribution < 1.29 is 18.3 Å². The normalized spacial score (nSPS) is 11.7. The summed E-state index contributed by atoms with van der Waals surface area (Å²) in [5.41, 5.74) is 1.16. The van der Waals surface area contributed by atoms with Crippen molar-refractivity contribution in [3.63, 3.8) is 0 Å². The predicted molar refractivity (Wildman–Crippen MR) is 72.0 cm³/mol. The van der Waals surface area contributed by atoms with Gasteiger partial charge in [0.25, 0.3) is 0 Å². The van der Waals surface area contributed by atoms with Crippen LogP contribution in [-0.2, 0) is 27.9 Å². The minimum Gasteiger partial charge on any atom is -0.480 e. The van der Waals surface area contributed by atoms with Gasteiger partial charge >= 0.3 is 5.97 Å². The molecule has 0 spiro atoms. The highest BCUT2D eigenvalue weighted by molar-refractivity contribution is 7.89. The monoisotopic (exact) mass is 313 g/mol. The molecule has 0 saturated heterocycles. The number of aromatic nitrogens is 4. The van der Waals surface area contributed by atoms with Gasteiger partial charge in [0.15, 0.2) is 0 Å². The van der Waals surface area contributed by atoms with E-state index in [4.69, 9.17) is 5.11 Å². The molecule has 0 saturated carbocycles. The Morgan fingerprint density at radius 1 is 1.48 bits per heavy atom. The van der Waals surface area contributed by atoms with Gasteiger partial charge in [-0.05, 0) is 19.9 Å². The molecular weight excluding hydrogens is 298 g/mol. The third kappa shape index (κ3) is 3.28. The number of hydrogen-bond donors (Lipinski definition) is 3. The minimum absolute atomic E-state index is 0.00302. The second-order valence-corrected chi connectivity index (χ2v) is 6.16. The summed E-state index contributed by atoms with van der Waals surface area (Å²) in [5.74, 6) is -1.09. The average molecular weight is 313 g/mol. The van der Waals surface area contributed by atoms with E-state index in [1.165, 1.54) is 20.0 Å². The first-order valence-corrected chi connectivity index (χ1v) is 7.53. The number of carboxylic acids is 1. The summed E-state index contributed by atoms with van der Waals surface area (Å²) >= 11 is 0. The van der Waals surface area contributed by atoms with Gasteiger partial charge in [0.05, 0.1) is 23.6 Å². The first-order valence-electron chi connectivity index (χ1n) is 6.05. The van der Waals surface area contributed by atoms with Crippen LogP contribution in [0.25, 0.3) is 0 Å². The number of sulfonamides is 1. The number of nitrogens with one attached hydrogen (secondary N) is 2. The molecule has 0 aliphatic heterocycles. The Hall–Kier alpha value is -2.20. The molecule has 2 aromatic rings. The van der Waals surface area contributed by atoms with Crippen LogP contribution in [0.2, 0.25) is 0 Å². The van der Waals surface area contributed by atoms with E-state index in [0.29, 0.717) is 5.69 Å². The summed E-state index contributed by atoms with van der Waals surface area (Å²) in [6.07, 6.45) is 1.52. The minimum atomic E-state index is -3.79. The van der Waals surface area contributed by atoms with E-state index in [9.17, 15) is 13.2 Å². The van der Waals surface area contributed by atoms with Gasteiger partial charge in [-0.1, -0.05) is 0 Å². The first kappa shape index (κ1) is 15.2. The highest BCUT2D eigenvalue weighted by atomic mass is 32.2. The second-order valence-electron chi connectivity index (χ2n) is 4.46. The maximum atomic E-state index is 12.3. The number of aromatic amines is 1. The van der Waals surface area contributed by atoms with Gasteiger partial charge in [-0.25, -0.2) is 13.1 Å². The van der Waals surface area contributed by atoms with Crippen molar-refractivity contribution in [2.75, 3.05) is 0 Å². The summed E-state index contributed by atoms with van der Waals surface area (Å²) in [6, 6.07) is 1.65. The van der Waals surface area contributed by atoms with Crippen LogP contribution in [0, 0.1) is 13.8 Å². The third-order valence-electron chi connectivity index (χ3n) is 2.88. The van der Waals surface area contributed by atoms with Crippen LogP contribution in [-0.4, -0.2) is 39.5 Å². The molecule has 0 amide bonds. The quantitative estimate of drug-likeness (QED) is 0.676. The van der Waals surface area contributed by atoms with Gasteiger partial charge in [0.1, 0.15) is 11.4 Å². The first-order chi connectivity index (χ1) is 9.81. The molecule has 10 heteroatoms. The molecule has 3 N–H and O–H groups in total. The molecule has 0 aliphatic rings. The molecule has 0 aromatic carbocycles. The Morgan fingerprint density at radius 3 is 2.76 bits per heavy atom. The van der Waals surface area contributed by atoms with Gasteiger partial charge in [0.2, 0.25) is 10.0 Å². The summed E-state index contributed by atoms with van der Waals surface area (Å²) < 4.78 is 28.2. The van der Waals surface area contributed by atoms with Crippen molar-refractivity contribution in [3.8, 4) is 0 Å². The largest absolute Gasteiger partial charge is 0.480 e. The van der Waals surface area contributed by atoms with E-state index in [-0.39, 0.29) is 29.4 Å². The zero-order chi connectivity index (χ0) is 15.6. The van der Waals surface area contributed by atoms with Crippen molar-refractivity contribution >= 4 is 16.0 Å². The van der Waals surface area contributed by atoms with E-state index >= 15 is 0 Å². The van der Waals surface area contributed by atoms with Gasteiger partial charge in [-0.15, -0.1) is 0 Å². The number of carbonyl (C=O) groups is 1. The molecule has 0 atom stereocenters. The fraction of sp³-hybridized carbons (Fsp3) is 0.364. The van der Waals surface area contributed by atoms with Gasteiger partial charge in [0, 0.05) is 6.20 Å². The molecule has 0 radical (unpaired) electrons. The van der Waals surface area contributed by atoms with Crippen LogP contribution < -0.4 is 4.72 Å². The molecule has 2 rings (SSSR count). The van der Waals surface area contributed by atoms with Gasteiger partial charge in [-0.3, -0.25) is 14.6 Å². The van der Waals surface area contributed by atoms with Crippen molar-refractivity contribution in [3.05, 3.63) is 29.3 Å². The molecule has 21 heavy (non-hydrogen) atoms. The lowest BCUT2D eigenvalue weighted by molar-refractivity contribution is -0.137. The summed E-state index contributed by atoms with van der Waals surface area (Å²) in [7, 11) is -3.79. The number of carboxylic acid groups (broad SMARTS) is 1. The Morgan fingerprint density at radius 2 is 2.19 bits per heavy atom. The lowest BCUT2D eigenvalue weighted by Gasteiger charge is -2.06. The zero-order valence-electron chi connectivity index (χ0n) is 11.5. The highest BCUT2D eigenvalue weighted by Gasteiger charge is 2.25. The molecule has 0 aliphatic carbocycles. The fourth-order valence-electron chi connectivity index (χ4n) is 1.98. The molecule has 9 nitrogen and oxygen atoms in total. The maximum Gasteiger partial charge on any atom is 0.325 e. The number of H-pyrrole nitrogens is 1. The fourth-order valence-corrected chi connectivity index (χ4v) is 3.39. The smallest absolute Gasteiger partial charge is 0.325 e. The van der Waals surface area contributed by atoms with Crippen LogP contribution in [0.3, 0.4) is 0 Å². The van der Waals surface area contributed by atoms with E-state index in [1.807, 2.05) is 0 Å². The Balaban J connectivity index is 2.27. The second kappa shape index (κ2) is 5.66. The number of hydrogen-bond acceptors (Lipinski definition) is 5. The van der Waals surface area contributed by atoms with Crippen LogP contribution in [0.5, 0.6) is 0 Å². The molecule has 0 fully saturated rings. The average Bonchev–Trinajstić information content (AvgIpc) is 2.96. The molecule has 2 heterocycles. The van der Waals surface area contributed by atoms with Crippen molar-refractivity contribution in [2.24, 2.45) is 0 Å². The molecule has 114 valence electrons. The Labute approximate surface area is 121 Å². The topological polar surface area (TPSA) is 130 Å². The summed E-state index contributed by atoms with van der Waals surface area (Å²) in [4.78, 5) is 10.7. The van der Waals surface area contributed by atoms with Crippen LogP contribution in [0.4, 0.5) is 0 Å². The van der Waals surface area contributed by atoms with E-state index in [1.54, 1.807) is 6.07 Å². The maximum absolute atomic E-state index is 12.3. The van der Waals surface area contributed by atoms with E-state index in [0.717, 1.165) is 4.68 Å². The van der Waals surface area contributed by atoms with Crippen LogP contribution >= 0.6 is 0 Å². The number of aryl methyl sites for hydroxylation is 1. The van der Waals surface area contributed by atoms with Crippen LogP contribution in [0.1, 0.15) is 17.1 Å². The lowest BCUT2D eigenvalue weighted by Crippen LogP contribution is -2.24. The summed E-state index contributed by atoms with van der Waals surface area (Å²) in [5, 5.41) is 19.1. The SMILES string of the molecule is Cc1nn(CC(=O)O)c(C)c1S(=O)(=O)NCc1ccn[nH]1. The molecule has 2 aromatic heterocycles. The molecular formula is C11H15N5O4S. The molecule has 0 bridgehead atoms. The zero-order valence-corrected chi connectivity index (χ0v) is 12.3. The Bertz CT molecular complexity index is 748. The summed E-state index contributed by atoms with van der Waals surface area (Å²) in [6.45, 7) is 2.72. The predicted octanol–water partition coefficient (Wildman–Crippen LogP) is -0.214. The number of nitrogens with zero attached hydrogens (tertiary/aromatic N) is 3. The number of rotatable bonds is 6. The van der Waals surface area contributed by atoms with E-state index < -0.39 is 16.0 Å². The van der Waals surface area contributed by atoms with Crippen molar-refractivity contribution in [1.82, 2.24) is 24.7 Å². The Kier molecular flexibility index (Phi) is 4.09.